The predicted molar refractivity (Wildman–Crippen MR) is 81.2 cm³/mol. The van der Waals surface area contributed by atoms with Gasteiger partial charge in [0.1, 0.15) is 0 Å². The van der Waals surface area contributed by atoms with E-state index in [1.807, 2.05) is 19.1 Å². The molecule has 0 unspecified atom stereocenters. The fourth-order valence-electron chi connectivity index (χ4n) is 2.43. The number of hydrogen-bond donors (Lipinski definition) is 0. The summed E-state index contributed by atoms with van der Waals surface area (Å²) in [4.78, 5) is 0.570. The number of alkyl halides is 6. The molecule has 130 valence electrons. The highest BCUT2D eigenvalue weighted by molar-refractivity contribution is 7.99. The minimum absolute atomic E-state index is 0.0906. The van der Waals surface area contributed by atoms with Crippen LogP contribution in [0.5, 0.6) is 0 Å². The standard InChI is InChI=1S/C17H14F6S/c1-9-4-10(2)15(11(3)5-9)24-14-7-12(16(18,19)20)6-13(8-14)17(21,22)23/h4-8H,1-3H3. The lowest BCUT2D eigenvalue weighted by atomic mass is 10.1. The lowest BCUT2D eigenvalue weighted by Crippen LogP contribution is -2.11. The molecule has 0 fully saturated rings. The van der Waals surface area contributed by atoms with Gasteiger partial charge in [0.2, 0.25) is 0 Å². The Morgan fingerprint density at radius 2 is 1.08 bits per heavy atom. The van der Waals surface area contributed by atoms with Crippen molar-refractivity contribution in [2.45, 2.75) is 42.9 Å². The molecule has 2 aromatic rings. The van der Waals surface area contributed by atoms with E-state index in [-0.39, 0.29) is 11.0 Å². The Kier molecular flexibility index (Phi) is 4.95. The van der Waals surface area contributed by atoms with Gasteiger partial charge in [-0.05, 0) is 50.1 Å². The summed E-state index contributed by atoms with van der Waals surface area (Å²) in [5.74, 6) is 0. The molecule has 0 atom stereocenters. The maximum Gasteiger partial charge on any atom is 0.416 e. The van der Waals surface area contributed by atoms with E-state index in [2.05, 4.69) is 0 Å². The summed E-state index contributed by atoms with van der Waals surface area (Å²) in [7, 11) is 0. The van der Waals surface area contributed by atoms with Crippen molar-refractivity contribution in [1.29, 1.82) is 0 Å². The third-order valence-corrected chi connectivity index (χ3v) is 4.71. The lowest BCUT2D eigenvalue weighted by molar-refractivity contribution is -0.143. The van der Waals surface area contributed by atoms with Gasteiger partial charge in [0.05, 0.1) is 11.1 Å². The van der Waals surface area contributed by atoms with Crippen molar-refractivity contribution in [2.24, 2.45) is 0 Å². The van der Waals surface area contributed by atoms with E-state index in [0.29, 0.717) is 4.90 Å². The molecule has 0 nitrogen and oxygen atoms in total. The molecule has 2 rings (SSSR count). The van der Waals surface area contributed by atoms with E-state index in [0.717, 1.165) is 40.6 Å². The van der Waals surface area contributed by atoms with E-state index in [9.17, 15) is 26.3 Å². The quantitative estimate of drug-likeness (QED) is 0.528. The van der Waals surface area contributed by atoms with Gasteiger partial charge in [-0.2, -0.15) is 26.3 Å². The fraction of sp³-hybridized carbons (Fsp3) is 0.294. The van der Waals surface area contributed by atoms with Gasteiger partial charge < -0.3 is 0 Å². The molecule has 0 heterocycles. The van der Waals surface area contributed by atoms with Crippen molar-refractivity contribution >= 4 is 11.8 Å². The van der Waals surface area contributed by atoms with Crippen LogP contribution in [-0.2, 0) is 12.4 Å². The molecule has 0 radical (unpaired) electrons. The van der Waals surface area contributed by atoms with Gasteiger partial charge in [-0.15, -0.1) is 0 Å². The average Bonchev–Trinajstić information content (AvgIpc) is 2.40. The van der Waals surface area contributed by atoms with Crippen LogP contribution in [0.25, 0.3) is 0 Å². The van der Waals surface area contributed by atoms with Gasteiger partial charge in [0.25, 0.3) is 0 Å². The van der Waals surface area contributed by atoms with E-state index >= 15 is 0 Å². The smallest absolute Gasteiger partial charge is 0.166 e. The molecule has 0 saturated heterocycles. The highest BCUT2D eigenvalue weighted by Crippen LogP contribution is 2.41. The predicted octanol–water partition coefficient (Wildman–Crippen LogP) is 6.80. The van der Waals surface area contributed by atoms with Gasteiger partial charge in [0.15, 0.2) is 0 Å². The Morgan fingerprint density at radius 1 is 0.667 bits per heavy atom. The third kappa shape index (κ3) is 4.26. The average molecular weight is 364 g/mol. The van der Waals surface area contributed by atoms with E-state index < -0.39 is 23.5 Å². The third-order valence-electron chi connectivity index (χ3n) is 3.39. The van der Waals surface area contributed by atoms with Crippen LogP contribution < -0.4 is 0 Å². The first-order valence-corrected chi connectivity index (χ1v) is 7.75. The van der Waals surface area contributed by atoms with Crippen LogP contribution in [0, 0.1) is 20.8 Å². The Labute approximate surface area is 139 Å². The first-order chi connectivity index (χ1) is 10.9. The number of rotatable bonds is 2. The molecule has 0 N–H and O–H groups in total. The highest BCUT2D eigenvalue weighted by Gasteiger charge is 2.37. The van der Waals surface area contributed by atoms with Crippen LogP contribution in [0.4, 0.5) is 26.3 Å². The first-order valence-electron chi connectivity index (χ1n) is 6.93. The minimum atomic E-state index is -4.84. The summed E-state index contributed by atoms with van der Waals surface area (Å²) >= 11 is 0.910. The lowest BCUT2D eigenvalue weighted by Gasteiger charge is -2.15. The van der Waals surface area contributed by atoms with Gasteiger partial charge in [-0.3, -0.25) is 0 Å². The zero-order chi connectivity index (χ0) is 18.3. The molecular weight excluding hydrogens is 350 g/mol. The molecular formula is C17H14F6S. The topological polar surface area (TPSA) is 0 Å². The van der Waals surface area contributed by atoms with E-state index in [1.165, 1.54) is 0 Å². The molecule has 0 aromatic heterocycles. The second-order valence-electron chi connectivity index (χ2n) is 5.57. The normalized spacial score (nSPS) is 12.5. The molecule has 0 spiro atoms. The Balaban J connectivity index is 2.55. The summed E-state index contributed by atoms with van der Waals surface area (Å²) < 4.78 is 77.5. The van der Waals surface area contributed by atoms with Crippen LogP contribution >= 0.6 is 11.8 Å². The van der Waals surface area contributed by atoms with Gasteiger partial charge >= 0.3 is 12.4 Å². The second-order valence-corrected chi connectivity index (χ2v) is 6.66. The Hall–Kier alpha value is -1.63. The molecule has 0 aliphatic heterocycles. The van der Waals surface area contributed by atoms with Crippen LogP contribution in [0.2, 0.25) is 0 Å². The van der Waals surface area contributed by atoms with Crippen LogP contribution in [-0.4, -0.2) is 0 Å². The zero-order valence-corrected chi connectivity index (χ0v) is 13.9. The maximum atomic E-state index is 12.9. The number of aryl methyl sites for hydroxylation is 3. The summed E-state index contributed by atoms with van der Waals surface area (Å²) in [5, 5.41) is 0. The highest BCUT2D eigenvalue weighted by atomic mass is 32.2. The summed E-state index contributed by atoms with van der Waals surface area (Å²) in [6, 6.07) is 5.32. The fourth-order valence-corrected chi connectivity index (χ4v) is 3.48. The van der Waals surface area contributed by atoms with Crippen LogP contribution in [0.1, 0.15) is 27.8 Å². The largest absolute Gasteiger partial charge is 0.416 e. The summed E-state index contributed by atoms with van der Waals surface area (Å²) in [6.45, 7) is 5.43. The van der Waals surface area contributed by atoms with Gasteiger partial charge in [-0.25, -0.2) is 0 Å². The van der Waals surface area contributed by atoms with Crippen molar-refractivity contribution in [1.82, 2.24) is 0 Å². The van der Waals surface area contributed by atoms with Crippen LogP contribution in [0.3, 0.4) is 0 Å². The molecule has 0 saturated carbocycles. The van der Waals surface area contributed by atoms with Gasteiger partial charge in [-0.1, -0.05) is 29.5 Å². The molecule has 0 aliphatic carbocycles. The SMILES string of the molecule is Cc1cc(C)c(Sc2cc(C(F)(F)F)cc(C(F)(F)F)c2)c(C)c1. The molecule has 0 amide bonds. The van der Waals surface area contributed by atoms with E-state index in [1.54, 1.807) is 13.8 Å². The molecule has 7 heteroatoms. The Bertz CT molecular complexity index is 703. The Morgan fingerprint density at radius 3 is 1.46 bits per heavy atom. The second kappa shape index (κ2) is 6.35. The molecule has 2 aromatic carbocycles. The number of halogens is 6. The van der Waals surface area contributed by atoms with Crippen molar-refractivity contribution < 1.29 is 26.3 Å². The van der Waals surface area contributed by atoms with Crippen molar-refractivity contribution in [3.63, 3.8) is 0 Å². The molecule has 24 heavy (non-hydrogen) atoms. The number of hydrogen-bond acceptors (Lipinski definition) is 1. The molecule has 0 bridgehead atoms. The number of benzene rings is 2. The van der Waals surface area contributed by atoms with Crippen molar-refractivity contribution in [3.05, 3.63) is 58.1 Å². The zero-order valence-electron chi connectivity index (χ0n) is 13.1. The van der Waals surface area contributed by atoms with Gasteiger partial charge in [0, 0.05) is 9.79 Å². The first kappa shape index (κ1) is 18.7. The van der Waals surface area contributed by atoms with E-state index in [4.69, 9.17) is 0 Å². The van der Waals surface area contributed by atoms with Crippen LogP contribution in [0.15, 0.2) is 40.1 Å². The maximum absolute atomic E-state index is 12.9. The minimum Gasteiger partial charge on any atom is -0.166 e. The van der Waals surface area contributed by atoms with Crippen molar-refractivity contribution in [3.8, 4) is 0 Å². The molecule has 0 aliphatic rings. The monoisotopic (exact) mass is 364 g/mol. The van der Waals surface area contributed by atoms with Crippen molar-refractivity contribution in [2.75, 3.05) is 0 Å². The summed E-state index contributed by atoms with van der Waals surface area (Å²) in [6.07, 6.45) is -9.68. The summed E-state index contributed by atoms with van der Waals surface area (Å²) in [5.41, 5.74) is -0.00852.